The first-order chi connectivity index (χ1) is 8.08. The Morgan fingerprint density at radius 2 is 2.24 bits per heavy atom. The Balaban J connectivity index is 2.22. The molecule has 2 rings (SSSR count). The van der Waals surface area contributed by atoms with Crippen LogP contribution in [0.15, 0.2) is 34.9 Å². The molecule has 3 N–H and O–H groups in total. The van der Waals surface area contributed by atoms with Gasteiger partial charge in [0.05, 0.1) is 28.7 Å². The summed E-state index contributed by atoms with van der Waals surface area (Å²) in [7, 11) is 0. The van der Waals surface area contributed by atoms with E-state index >= 15 is 0 Å². The van der Waals surface area contributed by atoms with E-state index in [1.54, 1.807) is 12.3 Å². The first-order valence-corrected chi connectivity index (χ1v) is 5.50. The van der Waals surface area contributed by atoms with Gasteiger partial charge in [0.15, 0.2) is 0 Å². The lowest BCUT2D eigenvalue weighted by Gasteiger charge is -2.15. The van der Waals surface area contributed by atoms with Crippen LogP contribution in [0.1, 0.15) is 18.7 Å². The van der Waals surface area contributed by atoms with Gasteiger partial charge in [-0.05, 0) is 25.1 Å². The van der Waals surface area contributed by atoms with Gasteiger partial charge in [-0.1, -0.05) is 11.6 Å². The molecule has 1 aromatic carbocycles. The molecule has 5 heteroatoms. The Morgan fingerprint density at radius 1 is 1.47 bits per heavy atom. The van der Waals surface area contributed by atoms with Gasteiger partial charge in [0, 0.05) is 6.07 Å². The molecule has 0 spiro atoms. The van der Waals surface area contributed by atoms with Crippen LogP contribution in [-0.4, -0.2) is 0 Å². The van der Waals surface area contributed by atoms with Crippen LogP contribution in [0.25, 0.3) is 0 Å². The SMILES string of the molecule is CC(Nc1cc(Cl)c(F)cc1N)c1ccco1. The van der Waals surface area contributed by atoms with Crippen LogP contribution in [-0.2, 0) is 0 Å². The zero-order valence-electron chi connectivity index (χ0n) is 9.21. The second kappa shape index (κ2) is 4.67. The summed E-state index contributed by atoms with van der Waals surface area (Å²) < 4.78 is 18.4. The lowest BCUT2D eigenvalue weighted by molar-refractivity contribution is 0.490. The van der Waals surface area contributed by atoms with Gasteiger partial charge in [-0.25, -0.2) is 4.39 Å². The van der Waals surface area contributed by atoms with Gasteiger partial charge in [0.2, 0.25) is 0 Å². The third-order valence-corrected chi connectivity index (χ3v) is 2.72. The smallest absolute Gasteiger partial charge is 0.143 e. The van der Waals surface area contributed by atoms with Crippen molar-refractivity contribution in [3.63, 3.8) is 0 Å². The van der Waals surface area contributed by atoms with Crippen molar-refractivity contribution in [2.45, 2.75) is 13.0 Å². The molecule has 1 unspecified atom stereocenters. The molecule has 0 aliphatic carbocycles. The van der Waals surface area contributed by atoms with Gasteiger partial charge < -0.3 is 15.5 Å². The van der Waals surface area contributed by atoms with Crippen LogP contribution in [0.5, 0.6) is 0 Å². The van der Waals surface area contributed by atoms with Gasteiger partial charge in [-0.3, -0.25) is 0 Å². The maximum absolute atomic E-state index is 13.1. The van der Waals surface area contributed by atoms with E-state index in [9.17, 15) is 4.39 Å². The molecular formula is C12H12ClFN2O. The molecule has 0 aliphatic heterocycles. The van der Waals surface area contributed by atoms with E-state index in [2.05, 4.69) is 5.32 Å². The Hall–Kier alpha value is -1.68. The zero-order valence-corrected chi connectivity index (χ0v) is 9.96. The third kappa shape index (κ3) is 2.53. The van der Waals surface area contributed by atoms with Crippen molar-refractivity contribution in [1.82, 2.24) is 0 Å². The predicted octanol–water partition coefficient (Wildman–Crippen LogP) is 3.83. The second-order valence-electron chi connectivity index (χ2n) is 3.74. The molecule has 0 saturated carbocycles. The van der Waals surface area contributed by atoms with E-state index in [1.165, 1.54) is 12.1 Å². The topological polar surface area (TPSA) is 51.2 Å². The number of furan rings is 1. The van der Waals surface area contributed by atoms with Crippen molar-refractivity contribution >= 4 is 23.0 Å². The Bertz CT molecular complexity index is 513. The van der Waals surface area contributed by atoms with E-state index in [0.717, 1.165) is 5.76 Å². The van der Waals surface area contributed by atoms with Crippen molar-refractivity contribution in [2.24, 2.45) is 0 Å². The third-order valence-electron chi connectivity index (χ3n) is 2.43. The van der Waals surface area contributed by atoms with E-state index in [-0.39, 0.29) is 11.1 Å². The van der Waals surface area contributed by atoms with Crippen LogP contribution in [0.3, 0.4) is 0 Å². The van der Waals surface area contributed by atoms with Gasteiger partial charge >= 0.3 is 0 Å². The van der Waals surface area contributed by atoms with E-state index < -0.39 is 5.82 Å². The van der Waals surface area contributed by atoms with Crippen LogP contribution in [0, 0.1) is 5.82 Å². The number of halogens is 2. The first-order valence-electron chi connectivity index (χ1n) is 5.12. The number of nitrogens with two attached hydrogens (primary N) is 1. The highest BCUT2D eigenvalue weighted by Gasteiger charge is 2.11. The van der Waals surface area contributed by atoms with Gasteiger partial charge in [-0.2, -0.15) is 0 Å². The van der Waals surface area contributed by atoms with E-state index in [0.29, 0.717) is 11.4 Å². The number of rotatable bonds is 3. The molecule has 0 bridgehead atoms. The monoisotopic (exact) mass is 254 g/mol. The predicted molar refractivity (Wildman–Crippen MR) is 66.6 cm³/mol. The summed E-state index contributed by atoms with van der Waals surface area (Å²) in [5.74, 6) is 0.241. The minimum absolute atomic E-state index is 0.0355. The largest absolute Gasteiger partial charge is 0.467 e. The summed E-state index contributed by atoms with van der Waals surface area (Å²) >= 11 is 5.70. The van der Waals surface area contributed by atoms with Crippen LogP contribution < -0.4 is 11.1 Å². The number of hydrogen-bond acceptors (Lipinski definition) is 3. The van der Waals surface area contributed by atoms with Crippen molar-refractivity contribution in [2.75, 3.05) is 11.1 Å². The lowest BCUT2D eigenvalue weighted by atomic mass is 10.2. The molecule has 17 heavy (non-hydrogen) atoms. The molecular weight excluding hydrogens is 243 g/mol. The lowest BCUT2D eigenvalue weighted by Crippen LogP contribution is -2.07. The highest BCUT2D eigenvalue weighted by molar-refractivity contribution is 6.31. The normalized spacial score (nSPS) is 12.4. The van der Waals surface area contributed by atoms with Crippen LogP contribution in [0.4, 0.5) is 15.8 Å². The number of nitrogen functional groups attached to an aromatic ring is 1. The molecule has 1 atom stereocenters. The Labute approximate surface area is 103 Å². The van der Waals surface area contributed by atoms with Crippen molar-refractivity contribution in [3.05, 3.63) is 47.1 Å². The van der Waals surface area contributed by atoms with Gasteiger partial charge in [0.25, 0.3) is 0 Å². The summed E-state index contributed by atoms with van der Waals surface area (Å²) in [4.78, 5) is 0. The Morgan fingerprint density at radius 3 is 2.88 bits per heavy atom. The molecule has 90 valence electrons. The average molecular weight is 255 g/mol. The van der Waals surface area contributed by atoms with Gasteiger partial charge in [0.1, 0.15) is 11.6 Å². The fourth-order valence-electron chi connectivity index (χ4n) is 1.53. The van der Waals surface area contributed by atoms with Crippen LogP contribution in [0.2, 0.25) is 5.02 Å². The molecule has 0 aliphatic rings. The zero-order chi connectivity index (χ0) is 12.4. The summed E-state index contributed by atoms with van der Waals surface area (Å²) in [6.07, 6.45) is 1.59. The summed E-state index contributed by atoms with van der Waals surface area (Å²) in [5, 5.41) is 3.15. The minimum Gasteiger partial charge on any atom is -0.467 e. The molecule has 0 saturated heterocycles. The standard InChI is InChI=1S/C12H12ClFN2O/c1-7(12-3-2-4-17-12)16-11-5-8(13)9(14)6-10(11)15/h2-7,16H,15H2,1H3. The van der Waals surface area contributed by atoms with Gasteiger partial charge in [-0.15, -0.1) is 0 Å². The molecule has 0 fully saturated rings. The number of anilines is 2. The Kier molecular flexibility index (Phi) is 3.24. The van der Waals surface area contributed by atoms with Crippen LogP contribution >= 0.6 is 11.6 Å². The van der Waals surface area contributed by atoms with E-state index in [4.69, 9.17) is 21.8 Å². The number of nitrogens with one attached hydrogen (secondary N) is 1. The molecule has 0 radical (unpaired) electrons. The molecule has 3 nitrogen and oxygen atoms in total. The average Bonchev–Trinajstić information content (AvgIpc) is 2.79. The number of benzene rings is 1. The highest BCUT2D eigenvalue weighted by Crippen LogP contribution is 2.29. The quantitative estimate of drug-likeness (QED) is 0.819. The summed E-state index contributed by atoms with van der Waals surface area (Å²) in [6.45, 7) is 1.91. The summed E-state index contributed by atoms with van der Waals surface area (Å²) in [6, 6.07) is 6.23. The van der Waals surface area contributed by atoms with Crippen molar-refractivity contribution < 1.29 is 8.81 Å². The number of hydrogen-bond donors (Lipinski definition) is 2. The highest BCUT2D eigenvalue weighted by atomic mass is 35.5. The summed E-state index contributed by atoms with van der Waals surface area (Å²) in [5.41, 5.74) is 6.59. The fraction of sp³-hybridized carbons (Fsp3) is 0.167. The fourth-order valence-corrected chi connectivity index (χ4v) is 1.69. The maximum Gasteiger partial charge on any atom is 0.143 e. The second-order valence-corrected chi connectivity index (χ2v) is 4.14. The molecule has 1 heterocycles. The maximum atomic E-state index is 13.1. The minimum atomic E-state index is -0.527. The molecule has 2 aromatic rings. The van der Waals surface area contributed by atoms with Crippen molar-refractivity contribution in [3.8, 4) is 0 Å². The first kappa shape index (κ1) is 11.8. The molecule has 0 amide bonds. The van der Waals surface area contributed by atoms with E-state index in [1.807, 2.05) is 13.0 Å². The van der Waals surface area contributed by atoms with Crippen molar-refractivity contribution in [1.29, 1.82) is 0 Å². The molecule has 1 aromatic heterocycles.